The second-order valence-electron chi connectivity index (χ2n) is 3.83. The molecule has 16 heavy (non-hydrogen) atoms. The van der Waals surface area contributed by atoms with Crippen molar-refractivity contribution in [3.05, 3.63) is 45.6 Å². The first-order chi connectivity index (χ1) is 7.49. The van der Waals surface area contributed by atoms with Crippen molar-refractivity contribution in [2.75, 3.05) is 0 Å². The third kappa shape index (κ3) is 4.35. The van der Waals surface area contributed by atoms with E-state index in [1.54, 1.807) is 6.92 Å². The molecule has 0 amide bonds. The molecule has 2 nitrogen and oxygen atoms in total. The molecule has 1 aromatic rings. The minimum atomic E-state index is -0.321. The van der Waals surface area contributed by atoms with Gasteiger partial charge in [-0.05, 0) is 54.1 Å². The van der Waals surface area contributed by atoms with Gasteiger partial charge in [0.1, 0.15) is 6.10 Å². The Bertz CT molecular complexity index is 399. The second kappa shape index (κ2) is 6.03. The Hall–Kier alpha value is -0.840. The largest absolute Gasteiger partial charge is 0.459 e. The molecule has 0 aromatic heterocycles. The standard InChI is InChI=1S/C13H15IO2/c1-9(2)13(15)16-10(3)7-11-5-4-6-12(14)8-11/h4-6,8,10H,1,7H2,2-3H3. The smallest absolute Gasteiger partial charge is 0.333 e. The van der Waals surface area contributed by atoms with Gasteiger partial charge in [-0.3, -0.25) is 0 Å². The molecule has 1 unspecified atom stereocenters. The number of benzene rings is 1. The summed E-state index contributed by atoms with van der Waals surface area (Å²) in [5, 5.41) is 0. The van der Waals surface area contributed by atoms with E-state index in [0.717, 1.165) is 6.42 Å². The van der Waals surface area contributed by atoms with Crippen LogP contribution in [-0.4, -0.2) is 12.1 Å². The van der Waals surface area contributed by atoms with Crippen LogP contribution in [0.3, 0.4) is 0 Å². The highest BCUT2D eigenvalue weighted by Gasteiger charge is 2.10. The van der Waals surface area contributed by atoms with E-state index in [1.165, 1.54) is 9.13 Å². The lowest BCUT2D eigenvalue weighted by Gasteiger charge is -2.13. The van der Waals surface area contributed by atoms with Crippen LogP contribution >= 0.6 is 22.6 Å². The predicted octanol–water partition coefficient (Wildman–Crippen LogP) is 3.34. The molecule has 1 atom stereocenters. The number of rotatable bonds is 4. The highest BCUT2D eigenvalue weighted by Crippen LogP contribution is 2.11. The molecule has 0 N–H and O–H groups in total. The summed E-state index contributed by atoms with van der Waals surface area (Å²) in [5.41, 5.74) is 1.61. The van der Waals surface area contributed by atoms with Gasteiger partial charge < -0.3 is 4.74 Å². The van der Waals surface area contributed by atoms with Crippen molar-refractivity contribution in [1.82, 2.24) is 0 Å². The third-order valence-corrected chi connectivity index (χ3v) is 2.74. The maximum atomic E-state index is 11.3. The molecule has 3 heteroatoms. The van der Waals surface area contributed by atoms with Crippen LogP contribution in [0.5, 0.6) is 0 Å². The molecule has 0 aliphatic carbocycles. The topological polar surface area (TPSA) is 26.3 Å². The van der Waals surface area contributed by atoms with Crippen LogP contribution in [0.1, 0.15) is 19.4 Å². The molecular weight excluding hydrogens is 315 g/mol. The summed E-state index contributed by atoms with van der Waals surface area (Å²) < 4.78 is 6.40. The van der Waals surface area contributed by atoms with E-state index in [1.807, 2.05) is 25.1 Å². The van der Waals surface area contributed by atoms with E-state index in [-0.39, 0.29) is 12.1 Å². The van der Waals surface area contributed by atoms with Crippen molar-refractivity contribution in [3.63, 3.8) is 0 Å². The minimum Gasteiger partial charge on any atom is -0.459 e. The Labute approximate surface area is 110 Å². The normalized spacial score (nSPS) is 11.9. The average Bonchev–Trinajstić information content (AvgIpc) is 2.16. The SMILES string of the molecule is C=C(C)C(=O)OC(C)Cc1cccc(I)c1. The van der Waals surface area contributed by atoms with Crippen LogP contribution in [0, 0.1) is 3.57 Å². The van der Waals surface area contributed by atoms with Crippen molar-refractivity contribution in [3.8, 4) is 0 Å². The summed E-state index contributed by atoms with van der Waals surface area (Å²) in [5.74, 6) is -0.321. The summed E-state index contributed by atoms with van der Waals surface area (Å²) in [6, 6.07) is 8.16. The van der Waals surface area contributed by atoms with Crippen molar-refractivity contribution < 1.29 is 9.53 Å². The Balaban J connectivity index is 2.55. The van der Waals surface area contributed by atoms with Gasteiger partial charge >= 0.3 is 5.97 Å². The fraction of sp³-hybridized carbons (Fsp3) is 0.308. The summed E-state index contributed by atoms with van der Waals surface area (Å²) in [4.78, 5) is 11.3. The van der Waals surface area contributed by atoms with Crippen LogP contribution in [0.2, 0.25) is 0 Å². The van der Waals surface area contributed by atoms with Crippen molar-refractivity contribution >= 4 is 28.6 Å². The maximum absolute atomic E-state index is 11.3. The highest BCUT2D eigenvalue weighted by molar-refractivity contribution is 14.1. The summed E-state index contributed by atoms with van der Waals surface area (Å²) >= 11 is 2.27. The summed E-state index contributed by atoms with van der Waals surface area (Å²) in [7, 11) is 0. The molecule has 0 radical (unpaired) electrons. The molecule has 0 aliphatic rings. The quantitative estimate of drug-likeness (QED) is 0.481. The number of carbonyl (C=O) groups excluding carboxylic acids is 1. The Morgan fingerprint density at radius 1 is 1.56 bits per heavy atom. The molecule has 1 aromatic carbocycles. The van der Waals surface area contributed by atoms with E-state index >= 15 is 0 Å². The molecule has 0 bridgehead atoms. The van der Waals surface area contributed by atoms with Gasteiger partial charge in [-0.1, -0.05) is 18.7 Å². The van der Waals surface area contributed by atoms with E-state index in [4.69, 9.17) is 4.74 Å². The maximum Gasteiger partial charge on any atom is 0.333 e. The van der Waals surface area contributed by atoms with Gasteiger partial charge in [0.15, 0.2) is 0 Å². The highest BCUT2D eigenvalue weighted by atomic mass is 127. The van der Waals surface area contributed by atoms with Crippen LogP contribution in [0.15, 0.2) is 36.4 Å². The number of ether oxygens (including phenoxy) is 1. The molecule has 0 heterocycles. The van der Waals surface area contributed by atoms with Gasteiger partial charge in [-0.15, -0.1) is 0 Å². The number of hydrogen-bond donors (Lipinski definition) is 0. The van der Waals surface area contributed by atoms with E-state index in [0.29, 0.717) is 5.57 Å². The molecule has 86 valence electrons. The first-order valence-corrected chi connectivity index (χ1v) is 6.18. The first kappa shape index (κ1) is 13.2. The minimum absolute atomic E-state index is 0.123. The fourth-order valence-corrected chi connectivity index (χ4v) is 1.93. The second-order valence-corrected chi connectivity index (χ2v) is 5.08. The number of hydrogen-bond acceptors (Lipinski definition) is 2. The lowest BCUT2D eigenvalue weighted by Crippen LogP contribution is -2.17. The number of esters is 1. The zero-order valence-electron chi connectivity index (χ0n) is 9.50. The fourth-order valence-electron chi connectivity index (χ4n) is 1.32. The molecule has 1 rings (SSSR count). The summed E-state index contributed by atoms with van der Waals surface area (Å²) in [6.07, 6.45) is 0.609. The average molecular weight is 330 g/mol. The van der Waals surface area contributed by atoms with Crippen molar-refractivity contribution in [2.24, 2.45) is 0 Å². The van der Waals surface area contributed by atoms with Crippen LogP contribution in [-0.2, 0) is 16.0 Å². The molecule has 0 fully saturated rings. The third-order valence-electron chi connectivity index (χ3n) is 2.07. The molecular formula is C13H15IO2. The van der Waals surface area contributed by atoms with Crippen LogP contribution in [0.4, 0.5) is 0 Å². The first-order valence-electron chi connectivity index (χ1n) is 5.10. The predicted molar refractivity (Wildman–Crippen MR) is 73.2 cm³/mol. The lowest BCUT2D eigenvalue weighted by molar-refractivity contribution is -0.143. The summed E-state index contributed by atoms with van der Waals surface area (Å²) in [6.45, 7) is 7.10. The lowest BCUT2D eigenvalue weighted by atomic mass is 10.1. The van der Waals surface area contributed by atoms with Crippen LogP contribution < -0.4 is 0 Å². The Morgan fingerprint density at radius 2 is 2.25 bits per heavy atom. The van der Waals surface area contributed by atoms with E-state index < -0.39 is 0 Å². The molecule has 0 spiro atoms. The monoisotopic (exact) mass is 330 g/mol. The van der Waals surface area contributed by atoms with Gasteiger partial charge in [-0.2, -0.15) is 0 Å². The van der Waals surface area contributed by atoms with E-state index in [9.17, 15) is 4.79 Å². The number of halogens is 1. The Kier molecular flexibility index (Phi) is 4.99. The van der Waals surface area contributed by atoms with Crippen LogP contribution in [0.25, 0.3) is 0 Å². The van der Waals surface area contributed by atoms with E-state index in [2.05, 4.69) is 35.2 Å². The van der Waals surface area contributed by atoms with Gasteiger partial charge in [0.05, 0.1) is 0 Å². The zero-order valence-corrected chi connectivity index (χ0v) is 11.7. The van der Waals surface area contributed by atoms with Crippen molar-refractivity contribution in [1.29, 1.82) is 0 Å². The number of carbonyl (C=O) groups is 1. The zero-order chi connectivity index (χ0) is 12.1. The molecule has 0 saturated heterocycles. The molecule has 0 saturated carbocycles. The Morgan fingerprint density at radius 3 is 2.81 bits per heavy atom. The van der Waals surface area contributed by atoms with Gasteiger partial charge in [-0.25, -0.2) is 4.79 Å². The van der Waals surface area contributed by atoms with Gasteiger partial charge in [0.2, 0.25) is 0 Å². The van der Waals surface area contributed by atoms with Crippen molar-refractivity contribution in [2.45, 2.75) is 26.4 Å². The van der Waals surface area contributed by atoms with Gasteiger partial charge in [0, 0.05) is 15.6 Å². The van der Waals surface area contributed by atoms with Gasteiger partial charge in [0.25, 0.3) is 0 Å². The molecule has 0 aliphatic heterocycles.